The van der Waals surface area contributed by atoms with E-state index < -0.39 is 4.92 Å². The molecule has 0 bridgehead atoms. The Labute approximate surface area is 113 Å². The van der Waals surface area contributed by atoms with Gasteiger partial charge in [0.05, 0.1) is 11.5 Å². The van der Waals surface area contributed by atoms with E-state index >= 15 is 0 Å². The Morgan fingerprint density at radius 1 is 1.53 bits per heavy atom. The van der Waals surface area contributed by atoms with Crippen molar-refractivity contribution in [2.75, 3.05) is 5.32 Å². The Hall–Kier alpha value is -2.28. The number of anilines is 1. The van der Waals surface area contributed by atoms with Crippen LogP contribution in [0.1, 0.15) is 20.2 Å². The number of nitrogens with zero attached hydrogens (tertiary/aromatic N) is 2. The molecular formula is C12H11N3O3S. The SMILES string of the molecule is Cc1cnc(CNc2ccc(C=O)cc2[N+](=O)[O-])s1. The highest BCUT2D eigenvalue weighted by atomic mass is 32.1. The van der Waals surface area contributed by atoms with Gasteiger partial charge in [-0.15, -0.1) is 11.3 Å². The van der Waals surface area contributed by atoms with Crippen molar-refractivity contribution in [3.8, 4) is 0 Å². The van der Waals surface area contributed by atoms with Gasteiger partial charge in [0.15, 0.2) is 0 Å². The first-order chi connectivity index (χ1) is 9.10. The number of carbonyl (C=O) groups is 1. The summed E-state index contributed by atoms with van der Waals surface area (Å²) in [6, 6.07) is 4.32. The van der Waals surface area contributed by atoms with Crippen LogP contribution in [0.25, 0.3) is 0 Å². The maximum atomic E-state index is 10.9. The number of nitro benzene ring substituents is 1. The van der Waals surface area contributed by atoms with Gasteiger partial charge in [0.25, 0.3) is 5.69 Å². The second-order valence-electron chi connectivity index (χ2n) is 3.87. The van der Waals surface area contributed by atoms with Crippen LogP contribution in [0.4, 0.5) is 11.4 Å². The average Bonchev–Trinajstić information content (AvgIpc) is 2.82. The van der Waals surface area contributed by atoms with Crippen LogP contribution >= 0.6 is 11.3 Å². The standard InChI is InChI=1S/C12H11N3O3S/c1-8-5-14-12(19-8)6-13-10-3-2-9(7-16)4-11(10)15(17)18/h2-5,7,13H,6H2,1H3. The summed E-state index contributed by atoms with van der Waals surface area (Å²) in [7, 11) is 0. The normalized spacial score (nSPS) is 10.2. The number of hydrogen-bond donors (Lipinski definition) is 1. The zero-order valence-electron chi connectivity index (χ0n) is 10.1. The van der Waals surface area contributed by atoms with E-state index in [0.29, 0.717) is 18.5 Å². The molecule has 0 atom stereocenters. The smallest absolute Gasteiger partial charge is 0.293 e. The van der Waals surface area contributed by atoms with Gasteiger partial charge < -0.3 is 5.32 Å². The van der Waals surface area contributed by atoms with Gasteiger partial charge in [-0.1, -0.05) is 0 Å². The Morgan fingerprint density at radius 2 is 2.32 bits per heavy atom. The highest BCUT2D eigenvalue weighted by Gasteiger charge is 2.14. The van der Waals surface area contributed by atoms with Crippen molar-refractivity contribution in [3.63, 3.8) is 0 Å². The van der Waals surface area contributed by atoms with Crippen LogP contribution in [0, 0.1) is 17.0 Å². The minimum Gasteiger partial charge on any atom is -0.373 e. The Balaban J connectivity index is 2.19. The summed E-state index contributed by atoms with van der Waals surface area (Å²) in [5, 5.41) is 14.8. The van der Waals surface area contributed by atoms with Crippen LogP contribution in [-0.4, -0.2) is 16.2 Å². The maximum absolute atomic E-state index is 10.9. The number of aryl methyl sites for hydroxylation is 1. The Kier molecular flexibility index (Phi) is 3.86. The molecule has 0 unspecified atom stereocenters. The number of nitro groups is 1. The third-order valence-electron chi connectivity index (χ3n) is 2.45. The Morgan fingerprint density at radius 3 is 2.89 bits per heavy atom. The van der Waals surface area contributed by atoms with Gasteiger partial charge in [-0.2, -0.15) is 0 Å². The second kappa shape index (κ2) is 5.57. The molecule has 0 aliphatic carbocycles. The lowest BCUT2D eigenvalue weighted by Crippen LogP contribution is -2.02. The van der Waals surface area contributed by atoms with Crippen molar-refractivity contribution in [1.29, 1.82) is 0 Å². The van der Waals surface area contributed by atoms with Crippen molar-refractivity contribution in [2.24, 2.45) is 0 Å². The van der Waals surface area contributed by atoms with Crippen molar-refractivity contribution in [1.82, 2.24) is 4.98 Å². The lowest BCUT2D eigenvalue weighted by molar-refractivity contribution is -0.384. The molecule has 2 rings (SSSR count). The summed E-state index contributed by atoms with van der Waals surface area (Å²) in [5.74, 6) is 0. The number of benzene rings is 1. The summed E-state index contributed by atoms with van der Waals surface area (Å²) in [6.07, 6.45) is 2.34. The molecule has 0 aliphatic rings. The summed E-state index contributed by atoms with van der Waals surface area (Å²) in [5.41, 5.74) is 0.545. The van der Waals surface area contributed by atoms with E-state index in [1.165, 1.54) is 29.5 Å². The van der Waals surface area contributed by atoms with E-state index in [9.17, 15) is 14.9 Å². The highest BCUT2D eigenvalue weighted by Crippen LogP contribution is 2.26. The monoisotopic (exact) mass is 277 g/mol. The van der Waals surface area contributed by atoms with Gasteiger partial charge in [0.2, 0.25) is 0 Å². The summed E-state index contributed by atoms with van der Waals surface area (Å²) >= 11 is 1.53. The highest BCUT2D eigenvalue weighted by molar-refractivity contribution is 7.11. The lowest BCUT2D eigenvalue weighted by atomic mass is 10.2. The van der Waals surface area contributed by atoms with E-state index in [-0.39, 0.29) is 11.3 Å². The van der Waals surface area contributed by atoms with Crippen LogP contribution in [0.2, 0.25) is 0 Å². The quantitative estimate of drug-likeness (QED) is 0.516. The second-order valence-corrected chi connectivity index (χ2v) is 5.19. The van der Waals surface area contributed by atoms with Crippen molar-refractivity contribution < 1.29 is 9.72 Å². The van der Waals surface area contributed by atoms with E-state index in [4.69, 9.17) is 0 Å². The van der Waals surface area contributed by atoms with Crippen LogP contribution in [-0.2, 0) is 6.54 Å². The summed E-state index contributed by atoms with van der Waals surface area (Å²) < 4.78 is 0. The molecule has 19 heavy (non-hydrogen) atoms. The number of aldehydes is 1. The van der Waals surface area contributed by atoms with Gasteiger partial charge in [-0.25, -0.2) is 4.98 Å². The molecular weight excluding hydrogens is 266 g/mol. The Bertz CT molecular complexity index is 624. The van der Waals surface area contributed by atoms with Crippen molar-refractivity contribution >= 4 is 29.0 Å². The number of rotatable bonds is 5. The molecule has 0 saturated carbocycles. The van der Waals surface area contributed by atoms with E-state index in [1.54, 1.807) is 6.20 Å². The van der Waals surface area contributed by atoms with E-state index in [0.717, 1.165) is 9.88 Å². The molecule has 2 aromatic rings. The molecule has 0 saturated heterocycles. The number of nitrogens with one attached hydrogen (secondary N) is 1. The van der Waals surface area contributed by atoms with E-state index in [1.807, 2.05) is 6.92 Å². The fourth-order valence-corrected chi connectivity index (χ4v) is 2.30. The zero-order chi connectivity index (χ0) is 13.8. The van der Waals surface area contributed by atoms with Gasteiger partial charge in [0, 0.05) is 22.7 Å². The van der Waals surface area contributed by atoms with Gasteiger partial charge in [0.1, 0.15) is 17.0 Å². The van der Waals surface area contributed by atoms with Crippen LogP contribution in [0.5, 0.6) is 0 Å². The third kappa shape index (κ3) is 3.14. The van der Waals surface area contributed by atoms with E-state index in [2.05, 4.69) is 10.3 Å². The van der Waals surface area contributed by atoms with Crippen molar-refractivity contribution in [2.45, 2.75) is 13.5 Å². The molecule has 0 radical (unpaired) electrons. The molecule has 98 valence electrons. The fraction of sp³-hybridized carbons (Fsp3) is 0.167. The molecule has 6 nitrogen and oxygen atoms in total. The number of aromatic nitrogens is 1. The summed E-state index contributed by atoms with van der Waals surface area (Å²) in [4.78, 5) is 26.3. The molecule has 7 heteroatoms. The van der Waals surface area contributed by atoms with Gasteiger partial charge in [-0.05, 0) is 19.1 Å². The predicted octanol–water partition coefficient (Wildman–Crippen LogP) is 2.78. The maximum Gasteiger partial charge on any atom is 0.293 e. The lowest BCUT2D eigenvalue weighted by Gasteiger charge is -2.05. The van der Waals surface area contributed by atoms with Crippen LogP contribution < -0.4 is 5.32 Å². The summed E-state index contributed by atoms with van der Waals surface area (Å²) in [6.45, 7) is 2.36. The average molecular weight is 277 g/mol. The number of hydrogen-bond acceptors (Lipinski definition) is 6. The first-order valence-electron chi connectivity index (χ1n) is 5.49. The topological polar surface area (TPSA) is 85.1 Å². The predicted molar refractivity (Wildman–Crippen MR) is 72.7 cm³/mol. The third-order valence-corrected chi connectivity index (χ3v) is 3.37. The first-order valence-corrected chi connectivity index (χ1v) is 6.30. The fourth-order valence-electron chi connectivity index (χ4n) is 1.58. The molecule has 0 spiro atoms. The minimum atomic E-state index is -0.511. The zero-order valence-corrected chi connectivity index (χ0v) is 10.9. The minimum absolute atomic E-state index is 0.113. The molecule has 0 amide bonds. The van der Waals surface area contributed by atoms with Crippen LogP contribution in [0.15, 0.2) is 24.4 Å². The molecule has 0 fully saturated rings. The molecule has 1 aromatic heterocycles. The van der Waals surface area contributed by atoms with Crippen LogP contribution in [0.3, 0.4) is 0 Å². The number of thiazole rings is 1. The molecule has 1 aromatic carbocycles. The largest absolute Gasteiger partial charge is 0.373 e. The first kappa shape index (κ1) is 13.2. The van der Waals surface area contributed by atoms with Gasteiger partial charge in [-0.3, -0.25) is 14.9 Å². The molecule has 1 heterocycles. The molecule has 0 aliphatic heterocycles. The molecule has 1 N–H and O–H groups in total. The van der Waals surface area contributed by atoms with Crippen molar-refractivity contribution in [3.05, 3.63) is 50.0 Å². The van der Waals surface area contributed by atoms with Gasteiger partial charge >= 0.3 is 0 Å². The number of carbonyl (C=O) groups excluding carboxylic acids is 1.